The lowest BCUT2D eigenvalue weighted by Gasteiger charge is -2.09. The lowest BCUT2D eigenvalue weighted by Crippen LogP contribution is -2.13. The van der Waals surface area contributed by atoms with Crippen LogP contribution in [0.25, 0.3) is 0 Å². The summed E-state index contributed by atoms with van der Waals surface area (Å²) in [5, 5.41) is 2.87. The van der Waals surface area contributed by atoms with Crippen molar-refractivity contribution in [2.75, 3.05) is 11.9 Å². The number of rotatable bonds is 5. The van der Waals surface area contributed by atoms with E-state index in [2.05, 4.69) is 34.5 Å². The maximum absolute atomic E-state index is 12.2. The van der Waals surface area contributed by atoms with E-state index in [0.717, 1.165) is 20.6 Å². The molecule has 4 heteroatoms. The average Bonchev–Trinajstić information content (AvgIpc) is 2.47. The molecule has 0 saturated heterocycles. The van der Waals surface area contributed by atoms with Gasteiger partial charge in [-0.1, -0.05) is 18.7 Å². The number of carbonyl (C=O) groups is 1. The largest absolute Gasteiger partial charge is 0.489 e. The summed E-state index contributed by atoms with van der Waals surface area (Å²) in [5.41, 5.74) is 2.37. The topological polar surface area (TPSA) is 38.3 Å². The first-order valence-corrected chi connectivity index (χ1v) is 7.57. The fourth-order valence-corrected chi connectivity index (χ4v) is 2.32. The van der Waals surface area contributed by atoms with Gasteiger partial charge in [-0.25, -0.2) is 0 Å². The maximum Gasteiger partial charge on any atom is 0.256 e. The molecule has 3 nitrogen and oxygen atoms in total. The SMILES string of the molecule is C=C(C)COc1ccc(NC(=O)c2ccccc2I)cc1. The quantitative estimate of drug-likeness (QED) is 0.600. The molecule has 0 radical (unpaired) electrons. The van der Waals surface area contributed by atoms with E-state index < -0.39 is 0 Å². The van der Waals surface area contributed by atoms with Gasteiger partial charge in [-0.2, -0.15) is 0 Å². The lowest BCUT2D eigenvalue weighted by molar-refractivity contribution is 0.102. The second kappa shape index (κ2) is 7.26. The van der Waals surface area contributed by atoms with E-state index in [1.807, 2.05) is 49.4 Å². The maximum atomic E-state index is 12.2. The lowest BCUT2D eigenvalue weighted by atomic mass is 10.2. The molecule has 108 valence electrons. The molecule has 0 aliphatic heterocycles. The highest BCUT2D eigenvalue weighted by atomic mass is 127. The Kier molecular flexibility index (Phi) is 5.38. The van der Waals surface area contributed by atoms with Crippen molar-refractivity contribution in [1.82, 2.24) is 0 Å². The van der Waals surface area contributed by atoms with Crippen molar-refractivity contribution in [3.8, 4) is 5.75 Å². The molecule has 0 fully saturated rings. The van der Waals surface area contributed by atoms with Gasteiger partial charge in [0.1, 0.15) is 12.4 Å². The van der Waals surface area contributed by atoms with Crippen LogP contribution in [0, 0.1) is 3.57 Å². The van der Waals surface area contributed by atoms with E-state index in [1.54, 1.807) is 6.07 Å². The molecule has 0 aliphatic rings. The van der Waals surface area contributed by atoms with Crippen LogP contribution in [0.5, 0.6) is 5.75 Å². The highest BCUT2D eigenvalue weighted by Crippen LogP contribution is 2.18. The fraction of sp³-hybridized carbons (Fsp3) is 0.118. The minimum atomic E-state index is -0.115. The smallest absolute Gasteiger partial charge is 0.256 e. The van der Waals surface area contributed by atoms with Gasteiger partial charge in [-0.15, -0.1) is 0 Å². The molecule has 0 aromatic heterocycles. The molecule has 0 atom stereocenters. The zero-order chi connectivity index (χ0) is 15.2. The molecule has 0 bridgehead atoms. The van der Waals surface area contributed by atoms with E-state index in [9.17, 15) is 4.79 Å². The van der Waals surface area contributed by atoms with Crippen LogP contribution in [0.15, 0.2) is 60.7 Å². The third kappa shape index (κ3) is 4.60. The Morgan fingerprint density at radius 3 is 2.48 bits per heavy atom. The van der Waals surface area contributed by atoms with Gasteiger partial charge in [0, 0.05) is 9.26 Å². The normalized spacial score (nSPS) is 10.0. The van der Waals surface area contributed by atoms with Gasteiger partial charge in [0.25, 0.3) is 5.91 Å². The molecule has 21 heavy (non-hydrogen) atoms. The Morgan fingerprint density at radius 2 is 1.86 bits per heavy atom. The molecule has 2 aromatic rings. The molecule has 2 rings (SSSR count). The zero-order valence-electron chi connectivity index (χ0n) is 11.7. The number of carbonyl (C=O) groups excluding carboxylic acids is 1. The first-order chi connectivity index (χ1) is 10.1. The molecule has 1 N–H and O–H groups in total. The monoisotopic (exact) mass is 393 g/mol. The Labute approximate surface area is 138 Å². The number of amides is 1. The minimum absolute atomic E-state index is 0.115. The number of hydrogen-bond acceptors (Lipinski definition) is 2. The third-order valence-electron chi connectivity index (χ3n) is 2.72. The number of nitrogens with one attached hydrogen (secondary N) is 1. The van der Waals surface area contributed by atoms with Crippen LogP contribution in [-0.4, -0.2) is 12.5 Å². The number of halogens is 1. The molecule has 0 heterocycles. The van der Waals surface area contributed by atoms with Crippen LogP contribution in [-0.2, 0) is 0 Å². The predicted molar refractivity (Wildman–Crippen MR) is 93.9 cm³/mol. The van der Waals surface area contributed by atoms with Gasteiger partial charge < -0.3 is 10.1 Å². The first-order valence-electron chi connectivity index (χ1n) is 6.49. The zero-order valence-corrected chi connectivity index (χ0v) is 13.9. The van der Waals surface area contributed by atoms with Gasteiger partial charge in [-0.05, 0) is 71.5 Å². The summed E-state index contributed by atoms with van der Waals surface area (Å²) in [5.74, 6) is 0.640. The summed E-state index contributed by atoms with van der Waals surface area (Å²) in [6.45, 7) is 6.19. The Bertz CT molecular complexity index is 650. The van der Waals surface area contributed by atoms with Gasteiger partial charge in [0.05, 0.1) is 5.56 Å². The number of benzene rings is 2. The van der Waals surface area contributed by atoms with Crippen molar-refractivity contribution in [1.29, 1.82) is 0 Å². The molecule has 2 aromatic carbocycles. The van der Waals surface area contributed by atoms with E-state index in [-0.39, 0.29) is 5.91 Å². The molecule has 1 amide bonds. The second-order valence-corrected chi connectivity index (χ2v) is 5.87. The second-order valence-electron chi connectivity index (χ2n) is 4.70. The Morgan fingerprint density at radius 1 is 1.19 bits per heavy atom. The summed E-state index contributed by atoms with van der Waals surface area (Å²) in [6.07, 6.45) is 0. The van der Waals surface area contributed by atoms with Gasteiger partial charge in [-0.3, -0.25) is 4.79 Å². The first kappa shape index (κ1) is 15.6. The summed E-state index contributed by atoms with van der Waals surface area (Å²) in [6, 6.07) is 14.8. The number of ether oxygens (including phenoxy) is 1. The van der Waals surface area contributed by atoms with E-state index in [1.165, 1.54) is 0 Å². The highest BCUT2D eigenvalue weighted by molar-refractivity contribution is 14.1. The van der Waals surface area contributed by atoms with Crippen molar-refractivity contribution in [3.63, 3.8) is 0 Å². The molecule has 0 spiro atoms. The molecule has 0 saturated carbocycles. The van der Waals surface area contributed by atoms with Gasteiger partial charge in [0.2, 0.25) is 0 Å². The summed E-state index contributed by atoms with van der Waals surface area (Å²) in [4.78, 5) is 12.2. The van der Waals surface area contributed by atoms with Crippen LogP contribution in [0.2, 0.25) is 0 Å². The van der Waals surface area contributed by atoms with Crippen molar-refractivity contribution < 1.29 is 9.53 Å². The number of anilines is 1. The van der Waals surface area contributed by atoms with Crippen molar-refractivity contribution in [3.05, 3.63) is 69.8 Å². The van der Waals surface area contributed by atoms with E-state index in [0.29, 0.717) is 12.2 Å². The highest BCUT2D eigenvalue weighted by Gasteiger charge is 2.09. The van der Waals surface area contributed by atoms with Crippen LogP contribution >= 0.6 is 22.6 Å². The van der Waals surface area contributed by atoms with Crippen molar-refractivity contribution >= 4 is 34.2 Å². The van der Waals surface area contributed by atoms with Crippen LogP contribution in [0.3, 0.4) is 0 Å². The van der Waals surface area contributed by atoms with Crippen LogP contribution in [0.1, 0.15) is 17.3 Å². The minimum Gasteiger partial charge on any atom is -0.489 e. The van der Waals surface area contributed by atoms with Gasteiger partial charge in [0.15, 0.2) is 0 Å². The van der Waals surface area contributed by atoms with Crippen molar-refractivity contribution in [2.24, 2.45) is 0 Å². The molecule has 0 unspecified atom stereocenters. The Balaban J connectivity index is 2.02. The standard InChI is InChI=1S/C17H16INO2/c1-12(2)11-21-14-9-7-13(8-10-14)19-17(20)15-5-3-4-6-16(15)18/h3-10H,1,11H2,2H3,(H,19,20). The Hall–Kier alpha value is -1.82. The van der Waals surface area contributed by atoms with Crippen LogP contribution < -0.4 is 10.1 Å². The molecular weight excluding hydrogens is 377 g/mol. The van der Waals surface area contributed by atoms with E-state index in [4.69, 9.17) is 4.74 Å². The van der Waals surface area contributed by atoms with E-state index >= 15 is 0 Å². The third-order valence-corrected chi connectivity index (χ3v) is 3.66. The van der Waals surface area contributed by atoms with Gasteiger partial charge >= 0.3 is 0 Å². The summed E-state index contributed by atoms with van der Waals surface area (Å²) >= 11 is 2.15. The summed E-state index contributed by atoms with van der Waals surface area (Å²) in [7, 11) is 0. The average molecular weight is 393 g/mol. The van der Waals surface area contributed by atoms with Crippen molar-refractivity contribution in [2.45, 2.75) is 6.92 Å². The summed E-state index contributed by atoms with van der Waals surface area (Å²) < 4.78 is 6.44. The number of hydrogen-bond donors (Lipinski definition) is 1. The molecule has 0 aliphatic carbocycles. The van der Waals surface area contributed by atoms with Crippen LogP contribution in [0.4, 0.5) is 5.69 Å². The predicted octanol–water partition coefficient (Wildman–Crippen LogP) is 4.50. The fourth-order valence-electron chi connectivity index (χ4n) is 1.68. The molecular formula is C17H16INO2.